The summed E-state index contributed by atoms with van der Waals surface area (Å²) < 4.78 is 0. The molecule has 0 amide bonds. The Labute approximate surface area is 122 Å². The maximum atomic E-state index is 12.0. The maximum absolute atomic E-state index is 12.0. The fourth-order valence-electron chi connectivity index (χ4n) is 2.99. The minimum atomic E-state index is 0.264. The molecule has 3 heteroatoms. The van der Waals surface area contributed by atoms with E-state index in [1.54, 1.807) is 0 Å². The van der Waals surface area contributed by atoms with Crippen LogP contribution in [0.2, 0.25) is 0 Å². The van der Waals surface area contributed by atoms with Crippen molar-refractivity contribution in [3.05, 3.63) is 35.9 Å². The quantitative estimate of drug-likeness (QED) is 0.714. The van der Waals surface area contributed by atoms with Gasteiger partial charge in [-0.25, -0.2) is 0 Å². The van der Waals surface area contributed by atoms with Crippen molar-refractivity contribution >= 4 is 5.78 Å². The van der Waals surface area contributed by atoms with Crippen molar-refractivity contribution in [1.29, 1.82) is 0 Å². The molecule has 1 aromatic carbocycles. The first-order valence-corrected chi connectivity index (χ1v) is 7.60. The van der Waals surface area contributed by atoms with Crippen LogP contribution in [0.15, 0.2) is 30.3 Å². The smallest absolute Gasteiger partial charge is 0.162 e. The highest BCUT2D eigenvalue weighted by atomic mass is 16.1. The summed E-state index contributed by atoms with van der Waals surface area (Å²) in [6, 6.07) is 9.61. The molecule has 0 bridgehead atoms. The van der Waals surface area contributed by atoms with E-state index in [9.17, 15) is 4.79 Å². The van der Waals surface area contributed by atoms with Gasteiger partial charge in [-0.05, 0) is 45.9 Å². The maximum Gasteiger partial charge on any atom is 0.162 e. The van der Waals surface area contributed by atoms with E-state index in [-0.39, 0.29) is 5.78 Å². The molecule has 0 spiro atoms. The zero-order chi connectivity index (χ0) is 14.4. The van der Waals surface area contributed by atoms with Gasteiger partial charge in [0.15, 0.2) is 5.78 Å². The third-order valence-corrected chi connectivity index (χ3v) is 4.10. The third-order valence-electron chi connectivity index (χ3n) is 4.10. The first-order chi connectivity index (χ1) is 9.65. The molecule has 1 unspecified atom stereocenters. The van der Waals surface area contributed by atoms with Crippen LogP contribution in [0.3, 0.4) is 0 Å². The first-order valence-electron chi connectivity index (χ1n) is 7.60. The van der Waals surface area contributed by atoms with Gasteiger partial charge >= 0.3 is 0 Å². The molecule has 3 nitrogen and oxygen atoms in total. The van der Waals surface area contributed by atoms with Gasteiger partial charge in [-0.2, -0.15) is 0 Å². The topological polar surface area (TPSA) is 23.6 Å². The molecule has 110 valence electrons. The summed E-state index contributed by atoms with van der Waals surface area (Å²) in [4.78, 5) is 16.8. The van der Waals surface area contributed by atoms with Gasteiger partial charge in [0.2, 0.25) is 0 Å². The van der Waals surface area contributed by atoms with E-state index in [0.29, 0.717) is 6.42 Å². The Bertz CT molecular complexity index is 418. The summed E-state index contributed by atoms with van der Waals surface area (Å²) in [5, 5.41) is 0. The normalized spacial score (nSPS) is 19.6. The van der Waals surface area contributed by atoms with Crippen LogP contribution in [-0.4, -0.2) is 55.9 Å². The number of hydrogen-bond acceptors (Lipinski definition) is 3. The van der Waals surface area contributed by atoms with E-state index in [2.05, 4.69) is 23.9 Å². The SMILES string of the molecule is CN(CCCC(=O)c1ccccc1)CC1CCN(C)C1. The largest absolute Gasteiger partial charge is 0.306 e. The van der Waals surface area contributed by atoms with Crippen LogP contribution in [0.1, 0.15) is 29.6 Å². The van der Waals surface area contributed by atoms with Crippen molar-refractivity contribution in [3.63, 3.8) is 0 Å². The highest BCUT2D eigenvalue weighted by molar-refractivity contribution is 5.95. The van der Waals surface area contributed by atoms with E-state index in [1.165, 1.54) is 19.5 Å². The average molecular weight is 274 g/mol. The van der Waals surface area contributed by atoms with E-state index < -0.39 is 0 Å². The molecule has 20 heavy (non-hydrogen) atoms. The number of rotatable bonds is 7. The number of nitrogens with zero attached hydrogens (tertiary/aromatic N) is 2. The molecule has 1 fully saturated rings. The van der Waals surface area contributed by atoms with Gasteiger partial charge in [0.05, 0.1) is 0 Å². The highest BCUT2D eigenvalue weighted by Gasteiger charge is 2.20. The van der Waals surface area contributed by atoms with Gasteiger partial charge in [0, 0.05) is 25.1 Å². The number of carbonyl (C=O) groups excluding carboxylic acids is 1. The lowest BCUT2D eigenvalue weighted by Crippen LogP contribution is -2.28. The molecule has 1 aromatic rings. The monoisotopic (exact) mass is 274 g/mol. The van der Waals surface area contributed by atoms with E-state index >= 15 is 0 Å². The molecular formula is C17H26N2O. The van der Waals surface area contributed by atoms with Gasteiger partial charge in [-0.15, -0.1) is 0 Å². The number of benzene rings is 1. The molecule has 1 atom stereocenters. The van der Waals surface area contributed by atoms with Gasteiger partial charge < -0.3 is 9.80 Å². The minimum absolute atomic E-state index is 0.264. The predicted octanol–water partition coefficient (Wildman–Crippen LogP) is 2.53. The summed E-state index contributed by atoms with van der Waals surface area (Å²) in [5.74, 6) is 1.06. The summed E-state index contributed by atoms with van der Waals surface area (Å²) in [6.45, 7) is 4.61. The Morgan fingerprint density at radius 1 is 1.35 bits per heavy atom. The van der Waals surface area contributed by atoms with Crippen LogP contribution >= 0.6 is 0 Å². The predicted molar refractivity (Wildman–Crippen MR) is 83.1 cm³/mol. The first kappa shape index (κ1) is 15.2. The van der Waals surface area contributed by atoms with Crippen molar-refractivity contribution < 1.29 is 4.79 Å². The third kappa shape index (κ3) is 4.73. The van der Waals surface area contributed by atoms with E-state index in [4.69, 9.17) is 0 Å². The number of ketones is 1. The molecule has 0 radical (unpaired) electrons. The molecule has 2 rings (SSSR count). The van der Waals surface area contributed by atoms with Crippen LogP contribution in [0.25, 0.3) is 0 Å². The molecule has 0 aliphatic carbocycles. The summed E-state index contributed by atoms with van der Waals surface area (Å²) in [5.41, 5.74) is 0.840. The number of likely N-dealkylation sites (tertiary alicyclic amines) is 1. The molecule has 0 aromatic heterocycles. The minimum Gasteiger partial charge on any atom is -0.306 e. The van der Waals surface area contributed by atoms with Crippen molar-refractivity contribution in [1.82, 2.24) is 9.80 Å². The Kier molecular flexibility index (Phi) is 5.74. The Morgan fingerprint density at radius 2 is 2.10 bits per heavy atom. The number of hydrogen-bond donors (Lipinski definition) is 0. The summed E-state index contributed by atoms with van der Waals surface area (Å²) >= 11 is 0. The molecule has 1 heterocycles. The standard InChI is InChI=1S/C17H26N2O/c1-18(13-15-10-12-19(2)14-15)11-6-9-17(20)16-7-4-3-5-8-16/h3-5,7-8,15H,6,9-14H2,1-2H3. The van der Waals surface area contributed by atoms with Crippen LogP contribution in [-0.2, 0) is 0 Å². The van der Waals surface area contributed by atoms with E-state index in [0.717, 1.165) is 31.0 Å². The molecule has 1 saturated heterocycles. The van der Waals surface area contributed by atoms with Gasteiger partial charge in [0.1, 0.15) is 0 Å². The van der Waals surface area contributed by atoms with Crippen LogP contribution < -0.4 is 0 Å². The van der Waals surface area contributed by atoms with Gasteiger partial charge in [-0.1, -0.05) is 30.3 Å². The van der Waals surface area contributed by atoms with E-state index in [1.807, 2.05) is 30.3 Å². The van der Waals surface area contributed by atoms with Crippen LogP contribution in [0.4, 0.5) is 0 Å². The second kappa shape index (κ2) is 7.55. The van der Waals surface area contributed by atoms with Crippen molar-refractivity contribution in [3.8, 4) is 0 Å². The van der Waals surface area contributed by atoms with Crippen LogP contribution in [0.5, 0.6) is 0 Å². The zero-order valence-electron chi connectivity index (χ0n) is 12.7. The van der Waals surface area contributed by atoms with Gasteiger partial charge in [0.25, 0.3) is 0 Å². The molecule has 1 aliphatic rings. The van der Waals surface area contributed by atoms with Crippen LogP contribution in [0, 0.1) is 5.92 Å². The second-order valence-electron chi connectivity index (χ2n) is 6.07. The Balaban J connectivity index is 1.64. The fourth-order valence-corrected chi connectivity index (χ4v) is 2.99. The summed E-state index contributed by atoms with van der Waals surface area (Å²) in [6.07, 6.45) is 2.91. The number of Topliss-reactive ketones (excluding diaryl/α,β-unsaturated/α-hetero) is 1. The fraction of sp³-hybridized carbons (Fsp3) is 0.588. The second-order valence-corrected chi connectivity index (χ2v) is 6.07. The Morgan fingerprint density at radius 3 is 2.75 bits per heavy atom. The summed E-state index contributed by atoms with van der Waals surface area (Å²) in [7, 11) is 4.36. The highest BCUT2D eigenvalue weighted by Crippen LogP contribution is 2.15. The molecule has 0 saturated carbocycles. The lowest BCUT2D eigenvalue weighted by atomic mass is 10.1. The average Bonchev–Trinajstić information content (AvgIpc) is 2.85. The lowest BCUT2D eigenvalue weighted by molar-refractivity contribution is 0.0975. The van der Waals surface area contributed by atoms with Crippen molar-refractivity contribution in [2.75, 3.05) is 40.3 Å². The lowest BCUT2D eigenvalue weighted by Gasteiger charge is -2.20. The van der Waals surface area contributed by atoms with Crippen molar-refractivity contribution in [2.45, 2.75) is 19.3 Å². The number of carbonyl (C=O) groups is 1. The molecule has 1 aliphatic heterocycles. The van der Waals surface area contributed by atoms with Crippen molar-refractivity contribution in [2.24, 2.45) is 5.92 Å². The zero-order valence-corrected chi connectivity index (χ0v) is 12.7. The molecular weight excluding hydrogens is 248 g/mol. The molecule has 0 N–H and O–H groups in total. The van der Waals surface area contributed by atoms with Gasteiger partial charge in [-0.3, -0.25) is 4.79 Å². The Hall–Kier alpha value is -1.19.